The van der Waals surface area contributed by atoms with E-state index < -0.39 is 0 Å². The number of rotatable bonds is 6. The van der Waals surface area contributed by atoms with Crippen molar-refractivity contribution in [2.24, 2.45) is 0 Å². The Morgan fingerprint density at radius 3 is 3.04 bits per heavy atom. The normalized spacial score (nSPS) is 18.1. The first kappa shape index (κ1) is 19.5. The molecule has 0 spiro atoms. The number of hydrogen-bond acceptors (Lipinski definition) is 5. The zero-order valence-corrected chi connectivity index (χ0v) is 17.6. The lowest BCUT2D eigenvalue weighted by atomic mass is 10.2. The second-order valence-electron chi connectivity index (χ2n) is 6.83. The van der Waals surface area contributed by atoms with Crippen LogP contribution < -0.4 is 10.6 Å². The van der Waals surface area contributed by atoms with Crippen molar-refractivity contribution in [3.05, 3.63) is 45.6 Å². The van der Waals surface area contributed by atoms with Crippen molar-refractivity contribution in [2.45, 2.75) is 37.0 Å². The minimum Gasteiger partial charge on any atom is -0.376 e. The van der Waals surface area contributed by atoms with Gasteiger partial charge in [0.15, 0.2) is 0 Å². The molecule has 28 heavy (non-hydrogen) atoms. The number of hydrogen-bond donors (Lipinski definition) is 2. The number of amides is 2. The molecule has 2 aromatic rings. The summed E-state index contributed by atoms with van der Waals surface area (Å²) in [4.78, 5) is 25.1. The molecule has 1 fully saturated rings. The number of nitrogens with one attached hydrogen (secondary N) is 2. The molecule has 3 heterocycles. The SMILES string of the molecule is O=C(Cn1nc2c(c1NC(=O)c1cccc(Br)c1)CSC2)NCC1CCCO1. The Bertz CT molecular complexity index is 895. The summed E-state index contributed by atoms with van der Waals surface area (Å²) in [7, 11) is 0. The molecule has 2 aliphatic heterocycles. The van der Waals surface area contributed by atoms with Crippen molar-refractivity contribution < 1.29 is 14.3 Å². The maximum atomic E-state index is 12.7. The molecule has 0 bridgehead atoms. The lowest BCUT2D eigenvalue weighted by Crippen LogP contribution is -2.34. The predicted octanol–water partition coefficient (Wildman–Crippen LogP) is 2.94. The van der Waals surface area contributed by atoms with E-state index in [0.29, 0.717) is 17.9 Å². The van der Waals surface area contributed by atoms with E-state index in [1.165, 1.54) is 0 Å². The highest BCUT2D eigenvalue weighted by molar-refractivity contribution is 9.10. The summed E-state index contributed by atoms with van der Waals surface area (Å²) in [5.74, 6) is 1.82. The molecule has 1 aromatic heterocycles. The fourth-order valence-electron chi connectivity index (χ4n) is 3.35. The van der Waals surface area contributed by atoms with Gasteiger partial charge in [-0.3, -0.25) is 9.59 Å². The number of halogens is 1. The number of nitrogens with zero attached hydrogens (tertiary/aromatic N) is 2. The maximum absolute atomic E-state index is 12.7. The molecule has 1 atom stereocenters. The second kappa shape index (κ2) is 8.67. The van der Waals surface area contributed by atoms with Crippen LogP contribution in [0.1, 0.15) is 34.5 Å². The summed E-state index contributed by atoms with van der Waals surface area (Å²) >= 11 is 5.14. The summed E-state index contributed by atoms with van der Waals surface area (Å²) in [5.41, 5.74) is 2.48. The van der Waals surface area contributed by atoms with Gasteiger partial charge in [-0.15, -0.1) is 0 Å². The first-order valence-corrected chi connectivity index (χ1v) is 11.2. The van der Waals surface area contributed by atoms with Gasteiger partial charge in [-0.25, -0.2) is 4.68 Å². The third-order valence-corrected chi connectivity index (χ3v) is 6.25. The summed E-state index contributed by atoms with van der Waals surface area (Å²) in [6.45, 7) is 1.34. The van der Waals surface area contributed by atoms with E-state index in [0.717, 1.165) is 46.7 Å². The van der Waals surface area contributed by atoms with Gasteiger partial charge >= 0.3 is 0 Å². The Morgan fingerprint density at radius 2 is 2.25 bits per heavy atom. The van der Waals surface area contributed by atoms with Crippen LogP contribution in [0.4, 0.5) is 5.82 Å². The highest BCUT2D eigenvalue weighted by Gasteiger charge is 2.25. The lowest BCUT2D eigenvalue weighted by molar-refractivity contribution is -0.122. The first-order valence-electron chi connectivity index (χ1n) is 9.21. The van der Waals surface area contributed by atoms with Crippen molar-refractivity contribution in [3.8, 4) is 0 Å². The van der Waals surface area contributed by atoms with Crippen LogP contribution in [0.3, 0.4) is 0 Å². The molecule has 0 aliphatic carbocycles. The Hall–Kier alpha value is -1.84. The molecule has 7 nitrogen and oxygen atoms in total. The van der Waals surface area contributed by atoms with Gasteiger partial charge in [0, 0.05) is 40.3 Å². The van der Waals surface area contributed by atoms with E-state index in [4.69, 9.17) is 4.74 Å². The van der Waals surface area contributed by atoms with Gasteiger partial charge < -0.3 is 15.4 Å². The van der Waals surface area contributed by atoms with Crippen molar-refractivity contribution in [3.63, 3.8) is 0 Å². The van der Waals surface area contributed by atoms with Crippen molar-refractivity contribution >= 4 is 45.3 Å². The third-order valence-electron chi connectivity index (χ3n) is 4.78. The molecule has 9 heteroatoms. The number of fused-ring (bicyclic) bond motifs is 1. The Balaban J connectivity index is 1.47. The van der Waals surface area contributed by atoms with Crippen LogP contribution in [-0.2, 0) is 27.6 Å². The zero-order chi connectivity index (χ0) is 19.5. The van der Waals surface area contributed by atoms with Gasteiger partial charge in [-0.2, -0.15) is 16.9 Å². The van der Waals surface area contributed by atoms with Gasteiger partial charge in [-0.05, 0) is 31.0 Å². The number of aromatic nitrogens is 2. The molecule has 2 N–H and O–H groups in total. The fraction of sp³-hybridized carbons (Fsp3) is 0.421. The Morgan fingerprint density at radius 1 is 1.36 bits per heavy atom. The highest BCUT2D eigenvalue weighted by atomic mass is 79.9. The molecule has 2 aliphatic rings. The molecular weight excluding hydrogens is 444 g/mol. The summed E-state index contributed by atoms with van der Waals surface area (Å²) in [6, 6.07) is 7.20. The van der Waals surface area contributed by atoms with Gasteiger partial charge in [0.05, 0.1) is 11.8 Å². The lowest BCUT2D eigenvalue weighted by Gasteiger charge is -2.13. The Kier molecular flexibility index (Phi) is 6.03. The van der Waals surface area contributed by atoms with Gasteiger partial charge in [0.25, 0.3) is 5.91 Å². The smallest absolute Gasteiger partial charge is 0.256 e. The zero-order valence-electron chi connectivity index (χ0n) is 15.2. The molecule has 148 valence electrons. The van der Waals surface area contributed by atoms with Gasteiger partial charge in [-0.1, -0.05) is 22.0 Å². The van der Waals surface area contributed by atoms with E-state index in [-0.39, 0.29) is 24.5 Å². The van der Waals surface area contributed by atoms with Crippen LogP contribution in [-0.4, -0.2) is 40.9 Å². The van der Waals surface area contributed by atoms with Crippen LogP contribution in [0.15, 0.2) is 28.7 Å². The molecule has 0 saturated carbocycles. The first-order chi connectivity index (χ1) is 13.6. The largest absolute Gasteiger partial charge is 0.376 e. The number of benzene rings is 1. The molecule has 0 radical (unpaired) electrons. The third kappa shape index (κ3) is 4.42. The molecule has 1 saturated heterocycles. The van der Waals surface area contributed by atoms with E-state index in [1.807, 2.05) is 12.1 Å². The van der Waals surface area contributed by atoms with Crippen LogP contribution >= 0.6 is 27.7 Å². The average molecular weight is 465 g/mol. The van der Waals surface area contributed by atoms with Crippen LogP contribution in [0, 0.1) is 0 Å². The van der Waals surface area contributed by atoms with Gasteiger partial charge in [0.1, 0.15) is 12.4 Å². The number of thioether (sulfide) groups is 1. The topological polar surface area (TPSA) is 85.2 Å². The van der Waals surface area contributed by atoms with Crippen molar-refractivity contribution in [1.29, 1.82) is 0 Å². The van der Waals surface area contributed by atoms with Crippen molar-refractivity contribution in [1.82, 2.24) is 15.1 Å². The molecule has 1 unspecified atom stereocenters. The summed E-state index contributed by atoms with van der Waals surface area (Å²) in [6.07, 6.45) is 2.11. The minimum absolute atomic E-state index is 0.0679. The highest BCUT2D eigenvalue weighted by Crippen LogP contribution is 2.35. The van der Waals surface area contributed by atoms with Gasteiger partial charge in [0.2, 0.25) is 5.91 Å². The predicted molar refractivity (Wildman–Crippen MR) is 111 cm³/mol. The second-order valence-corrected chi connectivity index (χ2v) is 8.73. The number of carbonyl (C=O) groups is 2. The van der Waals surface area contributed by atoms with E-state index >= 15 is 0 Å². The quantitative estimate of drug-likeness (QED) is 0.686. The average Bonchev–Trinajstić information content (AvgIpc) is 3.40. The summed E-state index contributed by atoms with van der Waals surface area (Å²) in [5, 5.41) is 10.4. The molecule has 1 aromatic carbocycles. The van der Waals surface area contributed by atoms with E-state index in [9.17, 15) is 9.59 Å². The summed E-state index contributed by atoms with van der Waals surface area (Å²) < 4.78 is 7.98. The number of anilines is 1. The maximum Gasteiger partial charge on any atom is 0.256 e. The number of ether oxygens (including phenoxy) is 1. The van der Waals surface area contributed by atoms with Crippen LogP contribution in [0.25, 0.3) is 0 Å². The molecular formula is C19H21BrN4O3S. The Labute approximate surface area is 175 Å². The fourth-order valence-corrected chi connectivity index (χ4v) is 4.79. The minimum atomic E-state index is -0.220. The van der Waals surface area contributed by atoms with E-state index in [1.54, 1.807) is 28.6 Å². The standard InChI is InChI=1S/C19H21BrN4O3S/c20-13-4-1-3-12(7-13)19(26)22-18-15-10-28-11-16(15)23-24(18)9-17(25)21-8-14-5-2-6-27-14/h1,3-4,7,14H,2,5-6,8-11H2,(H,21,25)(H,22,26). The monoisotopic (exact) mass is 464 g/mol. The molecule has 4 rings (SSSR count). The van der Waals surface area contributed by atoms with Crippen LogP contribution in [0.2, 0.25) is 0 Å². The van der Waals surface area contributed by atoms with Crippen LogP contribution in [0.5, 0.6) is 0 Å². The van der Waals surface area contributed by atoms with Crippen molar-refractivity contribution in [2.75, 3.05) is 18.5 Å². The molecule has 2 amide bonds. The number of carbonyl (C=O) groups excluding carboxylic acids is 2. The van der Waals surface area contributed by atoms with E-state index in [2.05, 4.69) is 31.7 Å².